The van der Waals surface area contributed by atoms with E-state index in [0.717, 1.165) is 17.7 Å². The smallest absolute Gasteiger partial charge is 0.368 e. The highest BCUT2D eigenvalue weighted by Gasteiger charge is 2.31. The van der Waals surface area contributed by atoms with Crippen molar-refractivity contribution in [3.05, 3.63) is 88.4 Å². The molecule has 0 aliphatic carbocycles. The fraction of sp³-hybridized carbons (Fsp3) is 0.240. The molecule has 1 saturated heterocycles. The maximum atomic E-state index is 13.1. The molecule has 190 valence electrons. The lowest BCUT2D eigenvalue weighted by atomic mass is 10.1. The predicted molar refractivity (Wildman–Crippen MR) is 133 cm³/mol. The molecule has 1 amide bonds. The maximum Gasteiger partial charge on any atom is 0.416 e. The molecule has 0 bridgehead atoms. The third-order valence-corrected chi connectivity index (χ3v) is 7.81. The number of hydrogen-bond donors (Lipinski definition) is 1. The largest absolute Gasteiger partial charge is 0.416 e. The number of halogens is 4. The molecule has 1 aliphatic rings. The number of sulfonamides is 1. The van der Waals surface area contributed by atoms with Gasteiger partial charge in [-0.15, -0.1) is 0 Å². The van der Waals surface area contributed by atoms with Gasteiger partial charge in [-0.05, 0) is 55.0 Å². The van der Waals surface area contributed by atoms with Crippen LogP contribution in [0.15, 0.2) is 71.6 Å². The van der Waals surface area contributed by atoms with E-state index in [1.54, 1.807) is 47.1 Å². The van der Waals surface area contributed by atoms with Crippen LogP contribution in [0.1, 0.15) is 21.5 Å². The van der Waals surface area contributed by atoms with Gasteiger partial charge < -0.3 is 9.80 Å². The van der Waals surface area contributed by atoms with E-state index in [1.807, 2.05) is 0 Å². The van der Waals surface area contributed by atoms with Gasteiger partial charge in [0.05, 0.1) is 16.3 Å². The SMILES string of the molecule is Cc1ccccc1NS(=O)(=O)c1cc(C(=O)N2CCN(c3cccc(C(F)(F)F)c3)CC2)ccc1Cl. The average Bonchev–Trinajstić information content (AvgIpc) is 2.85. The highest BCUT2D eigenvalue weighted by atomic mass is 35.5. The van der Waals surface area contributed by atoms with Crippen molar-refractivity contribution in [1.82, 2.24) is 4.90 Å². The molecule has 0 saturated carbocycles. The lowest BCUT2D eigenvalue weighted by molar-refractivity contribution is -0.137. The molecule has 1 heterocycles. The van der Waals surface area contributed by atoms with E-state index in [-0.39, 0.29) is 34.5 Å². The summed E-state index contributed by atoms with van der Waals surface area (Å²) in [5.41, 5.74) is 0.975. The molecular formula is C25H23ClF3N3O3S. The summed E-state index contributed by atoms with van der Waals surface area (Å²) >= 11 is 6.18. The number of nitrogens with one attached hydrogen (secondary N) is 1. The second-order valence-corrected chi connectivity index (χ2v) is 10.5. The first-order valence-corrected chi connectivity index (χ1v) is 12.9. The molecule has 11 heteroatoms. The highest BCUT2D eigenvalue weighted by Crippen LogP contribution is 2.32. The van der Waals surface area contributed by atoms with E-state index in [0.29, 0.717) is 24.5 Å². The number of piperazine rings is 1. The van der Waals surface area contributed by atoms with Crippen LogP contribution in [0.5, 0.6) is 0 Å². The van der Waals surface area contributed by atoms with Gasteiger partial charge in [-0.2, -0.15) is 13.2 Å². The first-order valence-electron chi connectivity index (χ1n) is 11.1. The third kappa shape index (κ3) is 5.60. The van der Waals surface area contributed by atoms with Crippen molar-refractivity contribution in [3.63, 3.8) is 0 Å². The standard InChI is InChI=1S/C25H23ClF3N3O3S/c1-17-5-2-3-8-22(17)30-36(34,35)23-15-18(9-10-21(23)26)24(33)32-13-11-31(12-14-32)20-7-4-6-19(16-20)25(27,28)29/h2-10,15-16,30H,11-14H2,1H3. The van der Waals surface area contributed by atoms with Crippen LogP contribution in [0.4, 0.5) is 24.5 Å². The monoisotopic (exact) mass is 537 g/mol. The summed E-state index contributed by atoms with van der Waals surface area (Å²) in [5, 5.41) is -0.0259. The number of anilines is 2. The molecule has 3 aromatic carbocycles. The maximum absolute atomic E-state index is 13.1. The number of carbonyl (C=O) groups is 1. The predicted octanol–water partition coefficient (Wildman–Crippen LogP) is 5.43. The zero-order chi connectivity index (χ0) is 26.1. The van der Waals surface area contributed by atoms with E-state index < -0.39 is 21.8 Å². The number of hydrogen-bond acceptors (Lipinski definition) is 4. The van der Waals surface area contributed by atoms with Gasteiger partial charge >= 0.3 is 6.18 Å². The Labute approximate surface area is 212 Å². The minimum absolute atomic E-state index is 0.0259. The normalized spacial score (nSPS) is 14.6. The first kappa shape index (κ1) is 25.8. The number of para-hydroxylation sites is 1. The molecule has 0 unspecified atom stereocenters. The number of carbonyl (C=O) groups excluding carboxylic acids is 1. The molecule has 0 atom stereocenters. The summed E-state index contributed by atoms with van der Waals surface area (Å²) in [6.45, 7) is 2.96. The summed E-state index contributed by atoms with van der Waals surface area (Å²) in [5.74, 6) is -0.386. The van der Waals surface area contributed by atoms with Crippen LogP contribution < -0.4 is 9.62 Å². The Hall–Kier alpha value is -3.24. The topological polar surface area (TPSA) is 69.7 Å². The van der Waals surface area contributed by atoms with E-state index in [2.05, 4.69) is 4.72 Å². The molecule has 1 aliphatic heterocycles. The molecule has 6 nitrogen and oxygen atoms in total. The number of nitrogens with zero attached hydrogens (tertiary/aromatic N) is 2. The number of alkyl halides is 3. The molecule has 3 aromatic rings. The van der Waals surface area contributed by atoms with Crippen molar-refractivity contribution in [2.45, 2.75) is 18.0 Å². The van der Waals surface area contributed by atoms with Crippen LogP contribution in [-0.2, 0) is 16.2 Å². The van der Waals surface area contributed by atoms with E-state index in [4.69, 9.17) is 11.6 Å². The van der Waals surface area contributed by atoms with Crippen molar-refractivity contribution in [3.8, 4) is 0 Å². The molecule has 1 fully saturated rings. The van der Waals surface area contributed by atoms with Gasteiger partial charge in [0, 0.05) is 37.4 Å². The number of benzene rings is 3. The summed E-state index contributed by atoms with van der Waals surface area (Å²) in [7, 11) is -4.07. The van der Waals surface area contributed by atoms with Crippen molar-refractivity contribution < 1.29 is 26.4 Å². The van der Waals surface area contributed by atoms with Crippen molar-refractivity contribution >= 4 is 38.9 Å². The Morgan fingerprint density at radius 1 is 0.944 bits per heavy atom. The van der Waals surface area contributed by atoms with Crippen LogP contribution in [0, 0.1) is 6.92 Å². The van der Waals surface area contributed by atoms with E-state index in [1.165, 1.54) is 24.3 Å². The zero-order valence-electron chi connectivity index (χ0n) is 19.2. The quantitative estimate of drug-likeness (QED) is 0.471. The van der Waals surface area contributed by atoms with Crippen molar-refractivity contribution in [2.24, 2.45) is 0 Å². The number of aryl methyl sites for hydroxylation is 1. The van der Waals surface area contributed by atoms with Gasteiger partial charge in [0.15, 0.2) is 0 Å². The van der Waals surface area contributed by atoms with Gasteiger partial charge in [-0.3, -0.25) is 9.52 Å². The Balaban J connectivity index is 1.49. The Morgan fingerprint density at radius 2 is 1.64 bits per heavy atom. The molecule has 1 N–H and O–H groups in total. The molecule has 0 aromatic heterocycles. The van der Waals surface area contributed by atoms with Crippen LogP contribution in [-0.4, -0.2) is 45.4 Å². The zero-order valence-corrected chi connectivity index (χ0v) is 20.8. The second-order valence-electron chi connectivity index (χ2n) is 8.39. The third-order valence-electron chi connectivity index (χ3n) is 5.96. The van der Waals surface area contributed by atoms with Crippen LogP contribution >= 0.6 is 11.6 Å². The van der Waals surface area contributed by atoms with E-state index >= 15 is 0 Å². The molecule has 36 heavy (non-hydrogen) atoms. The van der Waals surface area contributed by atoms with Gasteiger partial charge in [0.1, 0.15) is 4.90 Å². The van der Waals surface area contributed by atoms with Crippen molar-refractivity contribution in [2.75, 3.05) is 35.8 Å². The number of rotatable bonds is 5. The van der Waals surface area contributed by atoms with Crippen LogP contribution in [0.2, 0.25) is 5.02 Å². The summed E-state index contributed by atoms with van der Waals surface area (Å²) in [4.78, 5) is 16.2. The molecule has 0 spiro atoms. The Bertz CT molecular complexity index is 1390. The van der Waals surface area contributed by atoms with Crippen LogP contribution in [0.25, 0.3) is 0 Å². The molecule has 0 radical (unpaired) electrons. The summed E-state index contributed by atoms with van der Waals surface area (Å²) in [6, 6.07) is 16.0. The lowest BCUT2D eigenvalue weighted by Gasteiger charge is -2.36. The fourth-order valence-corrected chi connectivity index (χ4v) is 5.62. The minimum Gasteiger partial charge on any atom is -0.368 e. The van der Waals surface area contributed by atoms with Gasteiger partial charge in [0.25, 0.3) is 15.9 Å². The molecule has 4 rings (SSSR count). The van der Waals surface area contributed by atoms with Crippen molar-refractivity contribution in [1.29, 1.82) is 0 Å². The Kier molecular flexibility index (Phi) is 7.19. The minimum atomic E-state index is -4.44. The van der Waals surface area contributed by atoms with Gasteiger partial charge in [-0.25, -0.2) is 8.42 Å². The molecular weight excluding hydrogens is 515 g/mol. The average molecular weight is 538 g/mol. The van der Waals surface area contributed by atoms with E-state index in [9.17, 15) is 26.4 Å². The summed E-state index contributed by atoms with van der Waals surface area (Å²) in [6.07, 6.45) is -4.44. The van der Waals surface area contributed by atoms with Gasteiger partial charge in [0.2, 0.25) is 0 Å². The highest BCUT2D eigenvalue weighted by molar-refractivity contribution is 7.92. The summed E-state index contributed by atoms with van der Waals surface area (Å²) < 4.78 is 67.7. The fourth-order valence-electron chi connectivity index (χ4n) is 3.96. The number of amides is 1. The second kappa shape index (κ2) is 10.0. The first-order chi connectivity index (χ1) is 17.0. The Morgan fingerprint density at radius 3 is 2.31 bits per heavy atom. The van der Waals surface area contributed by atoms with Crippen LogP contribution in [0.3, 0.4) is 0 Å². The lowest BCUT2D eigenvalue weighted by Crippen LogP contribution is -2.48. The van der Waals surface area contributed by atoms with Gasteiger partial charge in [-0.1, -0.05) is 35.9 Å².